The third-order valence-electron chi connectivity index (χ3n) is 5.59. The van der Waals surface area contributed by atoms with Gasteiger partial charge in [-0.25, -0.2) is 14.8 Å². The number of aliphatic carboxylic acids is 1. The Morgan fingerprint density at radius 2 is 1.90 bits per heavy atom. The summed E-state index contributed by atoms with van der Waals surface area (Å²) < 4.78 is 48.3. The van der Waals surface area contributed by atoms with Gasteiger partial charge in [0.25, 0.3) is 5.89 Å². The van der Waals surface area contributed by atoms with E-state index in [9.17, 15) is 18.0 Å². The van der Waals surface area contributed by atoms with Crippen LogP contribution in [0.3, 0.4) is 0 Å². The van der Waals surface area contributed by atoms with E-state index in [1.807, 2.05) is 31.2 Å². The van der Waals surface area contributed by atoms with Gasteiger partial charge in [0.1, 0.15) is 12.0 Å². The topological polar surface area (TPSA) is 155 Å². The Kier molecular flexibility index (Phi) is 9.77. The molecule has 4 rings (SSSR count). The normalized spacial score (nSPS) is 12.1. The van der Waals surface area contributed by atoms with Crippen LogP contribution in [0.25, 0.3) is 22.2 Å². The molecule has 0 radical (unpaired) electrons. The summed E-state index contributed by atoms with van der Waals surface area (Å²) in [5, 5.41) is 8.12. The van der Waals surface area contributed by atoms with Gasteiger partial charge in [0, 0.05) is 23.6 Å². The van der Waals surface area contributed by atoms with Gasteiger partial charge in [0.05, 0.1) is 36.6 Å². The van der Waals surface area contributed by atoms with Gasteiger partial charge in [-0.1, -0.05) is 18.9 Å². The summed E-state index contributed by atoms with van der Waals surface area (Å²) in [5.74, 6) is -0.906. The number of pyridine rings is 1. The van der Waals surface area contributed by atoms with Gasteiger partial charge in [0.2, 0.25) is 11.7 Å². The lowest BCUT2D eigenvalue weighted by molar-refractivity contribution is -0.192. The maximum absolute atomic E-state index is 11.9. The molecule has 0 spiro atoms. The van der Waals surface area contributed by atoms with Crippen LogP contribution in [-0.2, 0) is 4.79 Å². The van der Waals surface area contributed by atoms with Crippen LogP contribution < -0.4 is 10.5 Å². The number of halogens is 3. The van der Waals surface area contributed by atoms with Gasteiger partial charge in [0.15, 0.2) is 5.76 Å². The minimum absolute atomic E-state index is 0.0775. The average molecular weight is 549 g/mol. The number of Topliss-reactive ketones (excluding diaryl/α,β-unsaturated/α-hetero) is 1. The first-order chi connectivity index (χ1) is 18.5. The number of nitrogens with two attached hydrogens (primary N) is 1. The predicted molar refractivity (Wildman–Crippen MR) is 133 cm³/mol. The van der Waals surface area contributed by atoms with Crippen molar-refractivity contribution in [2.24, 2.45) is 5.73 Å². The Bertz CT molecular complexity index is 1400. The quantitative estimate of drug-likeness (QED) is 0.187. The number of oxazole rings is 2. The number of ether oxygens (including phenoxy) is 1. The number of carbonyl (C=O) groups is 2. The van der Waals surface area contributed by atoms with E-state index in [0.29, 0.717) is 30.2 Å². The first-order valence-electron chi connectivity index (χ1n) is 11.9. The number of nitrogens with zero attached hydrogens (tertiary/aromatic N) is 3. The third kappa shape index (κ3) is 8.11. The second-order valence-corrected chi connectivity index (χ2v) is 8.53. The smallest absolute Gasteiger partial charge is 0.490 e. The number of aryl methyl sites for hydroxylation is 1. The zero-order valence-electron chi connectivity index (χ0n) is 21.2. The zero-order chi connectivity index (χ0) is 28.6. The average Bonchev–Trinajstić information content (AvgIpc) is 3.60. The fourth-order valence-electron chi connectivity index (χ4n) is 3.62. The minimum Gasteiger partial charge on any atom is -0.496 e. The molecule has 0 aliphatic heterocycles. The van der Waals surface area contributed by atoms with Crippen LogP contribution in [0.15, 0.2) is 51.8 Å². The Morgan fingerprint density at radius 1 is 1.15 bits per heavy atom. The molecule has 0 saturated heterocycles. The Labute approximate surface area is 221 Å². The number of fused-ring (bicyclic) bond motifs is 1. The van der Waals surface area contributed by atoms with E-state index in [2.05, 4.69) is 15.0 Å². The van der Waals surface area contributed by atoms with Gasteiger partial charge in [-0.2, -0.15) is 13.2 Å². The van der Waals surface area contributed by atoms with E-state index >= 15 is 0 Å². The van der Waals surface area contributed by atoms with E-state index < -0.39 is 12.1 Å². The number of unbranched alkanes of at least 4 members (excludes halogenated alkanes) is 2. The molecule has 10 nitrogen and oxygen atoms in total. The van der Waals surface area contributed by atoms with Crippen LogP contribution in [0.5, 0.6) is 5.75 Å². The summed E-state index contributed by atoms with van der Waals surface area (Å²) in [6.45, 7) is 1.96. The van der Waals surface area contributed by atoms with Crippen molar-refractivity contribution in [3.63, 3.8) is 0 Å². The summed E-state index contributed by atoms with van der Waals surface area (Å²) in [4.78, 5) is 33.6. The van der Waals surface area contributed by atoms with Crippen LogP contribution >= 0.6 is 0 Å². The summed E-state index contributed by atoms with van der Waals surface area (Å²) in [7, 11) is 1.62. The van der Waals surface area contributed by atoms with Crippen molar-refractivity contribution in [2.45, 2.75) is 51.2 Å². The van der Waals surface area contributed by atoms with Crippen molar-refractivity contribution in [2.75, 3.05) is 7.11 Å². The van der Waals surface area contributed by atoms with Crippen molar-refractivity contribution >= 4 is 22.7 Å². The number of hydrogen-bond donors (Lipinski definition) is 2. The molecule has 1 atom stereocenters. The predicted octanol–water partition coefficient (Wildman–Crippen LogP) is 5.66. The largest absolute Gasteiger partial charge is 0.496 e. The van der Waals surface area contributed by atoms with Gasteiger partial charge < -0.3 is 24.4 Å². The molecule has 0 aliphatic carbocycles. The lowest BCUT2D eigenvalue weighted by Crippen LogP contribution is -2.21. The van der Waals surface area contributed by atoms with Gasteiger partial charge in [-0.05, 0) is 31.9 Å². The Balaban J connectivity index is 0.000000532. The molecule has 0 amide bonds. The number of aromatic nitrogens is 3. The second kappa shape index (κ2) is 13.0. The fraction of sp³-hybridized carbons (Fsp3) is 0.346. The summed E-state index contributed by atoms with van der Waals surface area (Å²) in [6, 6.07) is 7.57. The molecule has 1 aromatic carbocycles. The highest BCUT2D eigenvalue weighted by molar-refractivity contribution is 5.91. The highest BCUT2D eigenvalue weighted by Gasteiger charge is 2.38. The fourth-order valence-corrected chi connectivity index (χ4v) is 3.62. The highest BCUT2D eigenvalue weighted by Crippen LogP contribution is 2.35. The number of hydrogen-bond acceptors (Lipinski definition) is 9. The SMILES string of the molecule is COc1cc2nc(C)ccc2cc1-c1cnc([C@@H](N)CCCCCC(=O)c2ncco2)o1.O=C(O)C(F)(F)F. The van der Waals surface area contributed by atoms with Crippen molar-refractivity contribution in [3.05, 3.63) is 60.4 Å². The molecule has 13 heteroatoms. The third-order valence-corrected chi connectivity index (χ3v) is 5.59. The maximum Gasteiger partial charge on any atom is 0.490 e. The van der Waals surface area contributed by atoms with E-state index in [1.165, 1.54) is 12.5 Å². The molecule has 0 fully saturated rings. The number of benzene rings is 1. The van der Waals surface area contributed by atoms with Crippen molar-refractivity contribution in [3.8, 4) is 17.1 Å². The van der Waals surface area contributed by atoms with E-state index in [0.717, 1.165) is 41.4 Å². The first kappa shape index (κ1) is 29.3. The molecule has 3 aromatic heterocycles. The summed E-state index contributed by atoms with van der Waals surface area (Å²) in [5.41, 5.74) is 8.91. The van der Waals surface area contributed by atoms with E-state index in [4.69, 9.17) is 29.2 Å². The number of ketones is 1. The monoisotopic (exact) mass is 548 g/mol. The van der Waals surface area contributed by atoms with Crippen molar-refractivity contribution < 1.29 is 41.4 Å². The van der Waals surface area contributed by atoms with Crippen molar-refractivity contribution in [1.29, 1.82) is 0 Å². The van der Waals surface area contributed by atoms with E-state index in [1.54, 1.807) is 13.3 Å². The molecule has 0 aliphatic rings. The number of rotatable bonds is 10. The number of carboxylic acid groups (broad SMARTS) is 1. The number of methoxy groups -OCH3 is 1. The molecular weight excluding hydrogens is 521 g/mol. The van der Waals surface area contributed by atoms with Crippen LogP contribution in [0.1, 0.15) is 60.4 Å². The standard InChI is InChI=1S/C24H26N4O4.C2HF3O2/c1-15-8-9-16-12-17(21(30-2)13-19(16)28-15)22-14-27-23(32-22)18(25)6-4-3-5-7-20(29)24-26-10-11-31-24;3-2(4,5)1(6)7/h8-14,18H,3-7,25H2,1-2H3;(H,6,7)/t18-;/m0./s1. The van der Waals surface area contributed by atoms with Gasteiger partial charge >= 0.3 is 12.1 Å². The molecule has 0 unspecified atom stereocenters. The van der Waals surface area contributed by atoms with Crippen LogP contribution in [0.4, 0.5) is 13.2 Å². The lowest BCUT2D eigenvalue weighted by Gasteiger charge is -2.09. The number of carboxylic acids is 1. The maximum atomic E-state index is 11.9. The molecule has 0 saturated carbocycles. The molecule has 39 heavy (non-hydrogen) atoms. The molecule has 208 valence electrons. The molecular formula is C26H27F3N4O6. The van der Waals surface area contributed by atoms with Gasteiger partial charge in [-0.3, -0.25) is 9.78 Å². The summed E-state index contributed by atoms with van der Waals surface area (Å²) in [6.07, 6.45) is 3.09. The summed E-state index contributed by atoms with van der Waals surface area (Å²) >= 11 is 0. The van der Waals surface area contributed by atoms with Crippen LogP contribution in [0, 0.1) is 6.92 Å². The van der Waals surface area contributed by atoms with Gasteiger partial charge in [-0.15, -0.1) is 0 Å². The van der Waals surface area contributed by atoms with E-state index in [-0.39, 0.29) is 17.7 Å². The van der Waals surface area contributed by atoms with Crippen molar-refractivity contribution in [1.82, 2.24) is 15.0 Å². The number of carbonyl (C=O) groups excluding carboxylic acids is 1. The molecule has 3 N–H and O–H groups in total. The van der Waals surface area contributed by atoms with Crippen LogP contribution in [0.2, 0.25) is 0 Å². The second-order valence-electron chi connectivity index (χ2n) is 8.53. The lowest BCUT2D eigenvalue weighted by atomic mass is 10.1. The highest BCUT2D eigenvalue weighted by atomic mass is 19.4. The number of alkyl halides is 3. The zero-order valence-corrected chi connectivity index (χ0v) is 21.2. The minimum atomic E-state index is -5.08. The molecule has 3 heterocycles. The van der Waals surface area contributed by atoms with Crippen LogP contribution in [-0.4, -0.2) is 45.1 Å². The molecule has 0 bridgehead atoms. The Morgan fingerprint density at radius 3 is 2.54 bits per heavy atom. The first-order valence-corrected chi connectivity index (χ1v) is 11.9. The Hall–Kier alpha value is -4.26. The molecule has 4 aromatic rings.